The van der Waals surface area contributed by atoms with Crippen molar-refractivity contribution >= 4 is 22.9 Å². The molecule has 2 aromatic heterocycles. The minimum absolute atomic E-state index is 0.593. The van der Waals surface area contributed by atoms with Gasteiger partial charge in [0.05, 0.1) is 5.39 Å². The summed E-state index contributed by atoms with van der Waals surface area (Å²) in [5.74, 6) is 0.852. The van der Waals surface area contributed by atoms with Gasteiger partial charge in [-0.2, -0.15) is 0 Å². The first-order chi connectivity index (χ1) is 12.7. The highest BCUT2D eigenvalue weighted by atomic mass is 16.5. The Hall–Kier alpha value is -3.71. The number of hydrogen-bond acceptors (Lipinski definition) is 5. The van der Waals surface area contributed by atoms with Gasteiger partial charge in [0.2, 0.25) is 0 Å². The van der Waals surface area contributed by atoms with Crippen molar-refractivity contribution in [2.24, 2.45) is 0 Å². The van der Waals surface area contributed by atoms with Crippen molar-refractivity contribution in [3.8, 4) is 22.7 Å². The topological polar surface area (TPSA) is 104 Å². The van der Waals surface area contributed by atoms with Gasteiger partial charge in [-0.05, 0) is 23.8 Å². The number of fused-ring (bicyclic) bond motifs is 1. The Labute approximate surface area is 147 Å². The number of aromatic amines is 1. The lowest BCUT2D eigenvalue weighted by Gasteiger charge is -2.00. The molecule has 2 aromatic carbocycles. The third-order valence-corrected chi connectivity index (χ3v) is 3.96. The smallest absolute Gasteiger partial charge is 0.267 e. The molecule has 0 unspecified atom stereocenters. The number of carbonyl (C=O) groups excluding carboxylic acids is 1. The van der Waals surface area contributed by atoms with Crippen LogP contribution >= 0.6 is 0 Å². The van der Waals surface area contributed by atoms with Gasteiger partial charge in [-0.3, -0.25) is 10.0 Å². The molecule has 0 saturated heterocycles. The van der Waals surface area contributed by atoms with E-state index < -0.39 is 5.91 Å². The fraction of sp³-hybridized carbons (Fsp3) is 0. The number of hydrogen-bond donors (Lipinski definition) is 3. The summed E-state index contributed by atoms with van der Waals surface area (Å²) >= 11 is 0. The molecule has 4 aromatic rings. The molecule has 26 heavy (non-hydrogen) atoms. The van der Waals surface area contributed by atoms with Crippen LogP contribution in [0.4, 0.5) is 0 Å². The first-order valence-electron chi connectivity index (χ1n) is 7.86. The monoisotopic (exact) mass is 346 g/mol. The summed E-state index contributed by atoms with van der Waals surface area (Å²) in [4.78, 5) is 18.4. The van der Waals surface area contributed by atoms with E-state index in [0.29, 0.717) is 5.76 Å². The zero-order valence-electron chi connectivity index (χ0n) is 13.5. The van der Waals surface area contributed by atoms with E-state index in [4.69, 9.17) is 9.73 Å². The second-order valence-corrected chi connectivity index (χ2v) is 5.61. The minimum Gasteiger partial charge on any atom is -0.355 e. The zero-order valence-corrected chi connectivity index (χ0v) is 13.5. The fourth-order valence-electron chi connectivity index (χ4n) is 2.68. The van der Waals surface area contributed by atoms with Crippen molar-refractivity contribution < 1.29 is 14.5 Å². The quantitative estimate of drug-likeness (QED) is 0.298. The SMILES string of the molecule is O=C(/C=C/c1ccc2noc(-c3ccc(-c4ncc[nH]4)cc3)c2c1)NO. The Kier molecular flexibility index (Phi) is 4.04. The first-order valence-corrected chi connectivity index (χ1v) is 7.86. The van der Waals surface area contributed by atoms with Crippen LogP contribution in [0.1, 0.15) is 5.56 Å². The number of imidazole rings is 1. The van der Waals surface area contributed by atoms with Crippen LogP contribution in [0.15, 0.2) is 65.5 Å². The third-order valence-electron chi connectivity index (χ3n) is 3.96. The van der Waals surface area contributed by atoms with E-state index >= 15 is 0 Å². The highest BCUT2D eigenvalue weighted by molar-refractivity contribution is 5.95. The maximum absolute atomic E-state index is 11.1. The lowest BCUT2D eigenvalue weighted by atomic mass is 10.0. The molecule has 0 aliphatic heterocycles. The molecule has 0 saturated carbocycles. The van der Waals surface area contributed by atoms with Crippen LogP contribution in [0.25, 0.3) is 39.7 Å². The molecular weight excluding hydrogens is 332 g/mol. The summed E-state index contributed by atoms with van der Waals surface area (Å²) in [5.41, 5.74) is 4.93. The van der Waals surface area contributed by atoms with Gasteiger partial charge >= 0.3 is 0 Å². The molecule has 3 N–H and O–H groups in total. The van der Waals surface area contributed by atoms with Gasteiger partial charge in [0.1, 0.15) is 11.3 Å². The van der Waals surface area contributed by atoms with Crippen LogP contribution in [0.5, 0.6) is 0 Å². The van der Waals surface area contributed by atoms with Crippen LogP contribution < -0.4 is 5.48 Å². The average molecular weight is 346 g/mol. The molecule has 0 atom stereocenters. The van der Waals surface area contributed by atoms with E-state index in [2.05, 4.69) is 15.1 Å². The molecule has 0 fully saturated rings. The number of benzene rings is 2. The van der Waals surface area contributed by atoms with Crippen LogP contribution in [-0.2, 0) is 4.79 Å². The summed E-state index contributed by atoms with van der Waals surface area (Å²) in [6.07, 6.45) is 6.33. The summed E-state index contributed by atoms with van der Waals surface area (Å²) in [6.45, 7) is 0. The summed E-state index contributed by atoms with van der Waals surface area (Å²) in [5, 5.41) is 13.5. The zero-order chi connectivity index (χ0) is 17.9. The van der Waals surface area contributed by atoms with Gasteiger partial charge in [-0.15, -0.1) is 0 Å². The maximum Gasteiger partial charge on any atom is 0.267 e. The second kappa shape index (κ2) is 6.66. The average Bonchev–Trinajstić information content (AvgIpc) is 3.36. The Morgan fingerprint density at radius 1 is 1.15 bits per heavy atom. The molecule has 2 heterocycles. The summed E-state index contributed by atoms with van der Waals surface area (Å²) in [6, 6.07) is 13.3. The summed E-state index contributed by atoms with van der Waals surface area (Å²) in [7, 11) is 0. The third kappa shape index (κ3) is 2.99. The molecule has 1 amide bonds. The molecule has 0 spiro atoms. The number of aromatic nitrogens is 3. The molecular formula is C19H14N4O3. The van der Waals surface area contributed by atoms with Crippen molar-refractivity contribution in [1.82, 2.24) is 20.6 Å². The molecule has 4 rings (SSSR count). The van der Waals surface area contributed by atoms with Crippen molar-refractivity contribution in [2.45, 2.75) is 0 Å². The highest BCUT2D eigenvalue weighted by Gasteiger charge is 2.11. The lowest BCUT2D eigenvalue weighted by molar-refractivity contribution is -0.124. The Bertz CT molecular complexity index is 1080. The van der Waals surface area contributed by atoms with Gasteiger partial charge in [-0.1, -0.05) is 35.5 Å². The molecule has 0 bridgehead atoms. The van der Waals surface area contributed by atoms with Gasteiger partial charge in [0.15, 0.2) is 5.76 Å². The number of nitrogens with one attached hydrogen (secondary N) is 2. The molecule has 0 aliphatic rings. The lowest BCUT2D eigenvalue weighted by Crippen LogP contribution is -2.14. The van der Waals surface area contributed by atoms with Gasteiger partial charge < -0.3 is 9.51 Å². The Balaban J connectivity index is 1.70. The van der Waals surface area contributed by atoms with Crippen molar-refractivity contribution in [3.63, 3.8) is 0 Å². The fourth-order valence-corrected chi connectivity index (χ4v) is 2.68. The number of H-pyrrole nitrogens is 1. The van der Waals surface area contributed by atoms with E-state index in [1.807, 2.05) is 42.5 Å². The van der Waals surface area contributed by atoms with Crippen LogP contribution in [0.3, 0.4) is 0 Å². The normalized spacial score (nSPS) is 11.3. The van der Waals surface area contributed by atoms with E-state index in [1.165, 1.54) is 6.08 Å². The largest absolute Gasteiger partial charge is 0.355 e. The number of carbonyl (C=O) groups is 1. The maximum atomic E-state index is 11.1. The number of rotatable bonds is 4. The van der Waals surface area contributed by atoms with Crippen LogP contribution in [0, 0.1) is 0 Å². The number of nitrogens with zero attached hydrogens (tertiary/aromatic N) is 2. The molecule has 0 aliphatic carbocycles. The molecule has 128 valence electrons. The Morgan fingerprint density at radius 2 is 1.96 bits per heavy atom. The molecule has 0 radical (unpaired) electrons. The Morgan fingerprint density at radius 3 is 2.69 bits per heavy atom. The first kappa shape index (κ1) is 15.8. The minimum atomic E-state index is -0.593. The van der Waals surface area contributed by atoms with E-state index in [0.717, 1.165) is 33.4 Å². The standard InChI is InChI=1S/C19H14N4O3/c24-17(22-25)8-2-12-1-7-16-15(11-12)18(26-23-16)13-3-5-14(6-4-13)19-20-9-10-21-19/h1-11,25H,(H,20,21)(H,22,24)/b8-2+. The van der Waals surface area contributed by atoms with E-state index in [1.54, 1.807) is 23.9 Å². The van der Waals surface area contributed by atoms with Gasteiger partial charge in [0, 0.05) is 29.6 Å². The molecule has 7 heteroatoms. The van der Waals surface area contributed by atoms with E-state index in [9.17, 15) is 4.79 Å². The predicted molar refractivity (Wildman–Crippen MR) is 96.0 cm³/mol. The van der Waals surface area contributed by atoms with Crippen LogP contribution in [0.2, 0.25) is 0 Å². The number of hydroxylamine groups is 1. The second-order valence-electron chi connectivity index (χ2n) is 5.61. The van der Waals surface area contributed by atoms with Crippen molar-refractivity contribution in [2.75, 3.05) is 0 Å². The van der Waals surface area contributed by atoms with Gasteiger partial charge in [0.25, 0.3) is 5.91 Å². The van der Waals surface area contributed by atoms with Crippen molar-refractivity contribution in [1.29, 1.82) is 0 Å². The molecule has 7 nitrogen and oxygen atoms in total. The van der Waals surface area contributed by atoms with Crippen molar-refractivity contribution in [3.05, 3.63) is 66.5 Å². The van der Waals surface area contributed by atoms with E-state index in [-0.39, 0.29) is 0 Å². The summed E-state index contributed by atoms with van der Waals surface area (Å²) < 4.78 is 5.52. The van der Waals surface area contributed by atoms with Gasteiger partial charge in [-0.25, -0.2) is 10.5 Å². The predicted octanol–water partition coefficient (Wildman–Crippen LogP) is 3.40. The van der Waals surface area contributed by atoms with Crippen LogP contribution in [-0.4, -0.2) is 26.2 Å². The number of amides is 1. The highest BCUT2D eigenvalue weighted by Crippen LogP contribution is 2.30.